The zero-order valence-corrected chi connectivity index (χ0v) is 15.8. The monoisotopic (exact) mass is 379 g/mol. The summed E-state index contributed by atoms with van der Waals surface area (Å²) in [6.07, 6.45) is 1.61. The van der Waals surface area contributed by atoms with Gasteiger partial charge in [0.15, 0.2) is 0 Å². The Bertz CT molecular complexity index is 643. The highest BCUT2D eigenvalue weighted by Gasteiger charge is 2.33. The maximum Gasteiger partial charge on any atom is 0.261 e. The summed E-state index contributed by atoms with van der Waals surface area (Å²) < 4.78 is 5.30. The van der Waals surface area contributed by atoms with E-state index in [2.05, 4.69) is 5.32 Å². The summed E-state index contributed by atoms with van der Waals surface area (Å²) in [5.41, 5.74) is 0. The van der Waals surface area contributed by atoms with Crippen LogP contribution in [0.5, 0.6) is 0 Å². The van der Waals surface area contributed by atoms with Crippen molar-refractivity contribution in [3.05, 3.63) is 22.4 Å². The van der Waals surface area contributed by atoms with Gasteiger partial charge >= 0.3 is 0 Å². The van der Waals surface area contributed by atoms with E-state index < -0.39 is 6.04 Å². The first kappa shape index (κ1) is 18.8. The van der Waals surface area contributed by atoms with Crippen molar-refractivity contribution in [2.45, 2.75) is 25.8 Å². The number of thiophene rings is 1. The van der Waals surface area contributed by atoms with Gasteiger partial charge in [0.2, 0.25) is 11.8 Å². The van der Waals surface area contributed by atoms with E-state index in [0.29, 0.717) is 44.3 Å². The van der Waals surface area contributed by atoms with E-state index >= 15 is 0 Å². The average Bonchev–Trinajstić information content (AvgIpc) is 3.22. The average molecular weight is 379 g/mol. The number of carbonyl (C=O) groups is 3. The van der Waals surface area contributed by atoms with Crippen LogP contribution in [0, 0.1) is 5.92 Å². The summed E-state index contributed by atoms with van der Waals surface area (Å²) in [6, 6.07) is 2.93. The molecule has 1 aromatic rings. The Hall–Kier alpha value is -1.93. The van der Waals surface area contributed by atoms with Crippen molar-refractivity contribution in [2.24, 2.45) is 5.92 Å². The Balaban J connectivity index is 1.55. The third-order valence-electron chi connectivity index (χ3n) is 4.87. The number of hydrogen-bond donors (Lipinski definition) is 1. The quantitative estimate of drug-likeness (QED) is 0.845. The van der Waals surface area contributed by atoms with Gasteiger partial charge in [-0.2, -0.15) is 0 Å². The second-order valence-corrected chi connectivity index (χ2v) is 7.68. The van der Waals surface area contributed by atoms with Crippen LogP contribution >= 0.6 is 11.3 Å². The minimum Gasteiger partial charge on any atom is -0.378 e. The lowest BCUT2D eigenvalue weighted by atomic mass is 9.95. The number of ether oxygens (including phenoxy) is 1. The number of amides is 3. The van der Waals surface area contributed by atoms with Gasteiger partial charge in [-0.15, -0.1) is 11.3 Å². The van der Waals surface area contributed by atoms with Gasteiger partial charge in [0, 0.05) is 26.2 Å². The normalized spacial score (nSPS) is 22.0. The lowest BCUT2D eigenvalue weighted by molar-refractivity contribution is -0.144. The van der Waals surface area contributed by atoms with Gasteiger partial charge in [-0.1, -0.05) is 6.07 Å². The molecule has 1 aromatic heterocycles. The van der Waals surface area contributed by atoms with Gasteiger partial charge in [-0.05, 0) is 31.2 Å². The fourth-order valence-electron chi connectivity index (χ4n) is 3.43. The van der Waals surface area contributed by atoms with Gasteiger partial charge in [-0.3, -0.25) is 14.4 Å². The summed E-state index contributed by atoms with van der Waals surface area (Å²) in [4.78, 5) is 41.7. The predicted molar refractivity (Wildman–Crippen MR) is 98.0 cm³/mol. The number of nitrogens with one attached hydrogen (secondary N) is 1. The van der Waals surface area contributed by atoms with Crippen molar-refractivity contribution in [1.82, 2.24) is 15.1 Å². The molecule has 0 bridgehead atoms. The van der Waals surface area contributed by atoms with E-state index in [4.69, 9.17) is 4.74 Å². The molecular formula is C18H25N3O4S. The number of rotatable bonds is 4. The SMILES string of the molecule is C[C@@H](NC(=O)c1cccs1)C(=O)N1CCC[C@H](C(=O)N2CCOCC2)C1. The molecule has 1 N–H and O–H groups in total. The van der Waals surface area contributed by atoms with E-state index in [9.17, 15) is 14.4 Å². The number of hydrogen-bond acceptors (Lipinski definition) is 5. The molecule has 0 unspecified atom stereocenters. The van der Waals surface area contributed by atoms with Crippen molar-refractivity contribution >= 4 is 29.1 Å². The Labute approximate surface area is 157 Å². The molecule has 0 spiro atoms. The highest BCUT2D eigenvalue weighted by molar-refractivity contribution is 7.12. The summed E-state index contributed by atoms with van der Waals surface area (Å²) in [5.74, 6) is -0.416. The second kappa shape index (κ2) is 8.64. The maximum atomic E-state index is 12.7. The van der Waals surface area contributed by atoms with Crippen LogP contribution in [-0.4, -0.2) is 73.0 Å². The van der Waals surface area contributed by atoms with Crippen molar-refractivity contribution in [3.63, 3.8) is 0 Å². The molecule has 0 radical (unpaired) electrons. The van der Waals surface area contributed by atoms with E-state index in [0.717, 1.165) is 12.8 Å². The molecule has 7 nitrogen and oxygen atoms in total. The Morgan fingerprint density at radius 1 is 1.23 bits per heavy atom. The van der Waals surface area contributed by atoms with Crippen LogP contribution in [0.3, 0.4) is 0 Å². The first-order chi connectivity index (χ1) is 12.6. The standard InChI is InChI=1S/C18H25N3O4S/c1-13(19-16(22)15-5-3-11-26-15)17(23)21-6-2-4-14(12-21)18(24)20-7-9-25-10-8-20/h3,5,11,13-14H,2,4,6-10,12H2,1H3,(H,19,22)/t13-,14+/m1/s1. The number of carbonyl (C=O) groups excluding carboxylic acids is 3. The maximum absolute atomic E-state index is 12.7. The number of piperidine rings is 1. The van der Waals surface area contributed by atoms with Crippen molar-refractivity contribution < 1.29 is 19.1 Å². The summed E-state index contributed by atoms with van der Waals surface area (Å²) >= 11 is 1.34. The molecule has 3 heterocycles. The van der Waals surface area contributed by atoms with E-state index in [1.165, 1.54) is 11.3 Å². The molecule has 2 aliphatic rings. The Morgan fingerprint density at radius 2 is 2.00 bits per heavy atom. The smallest absolute Gasteiger partial charge is 0.261 e. The van der Waals surface area contributed by atoms with Gasteiger partial charge < -0.3 is 19.9 Å². The Kier molecular flexibility index (Phi) is 6.26. The van der Waals surface area contributed by atoms with E-state index in [-0.39, 0.29) is 23.6 Å². The fourth-order valence-corrected chi connectivity index (χ4v) is 4.06. The number of likely N-dealkylation sites (tertiary alicyclic amines) is 1. The van der Waals surface area contributed by atoms with Crippen LogP contribution in [0.15, 0.2) is 17.5 Å². The molecule has 0 aromatic carbocycles. The van der Waals surface area contributed by atoms with E-state index in [1.807, 2.05) is 10.3 Å². The summed E-state index contributed by atoms with van der Waals surface area (Å²) in [6.45, 7) is 5.15. The minimum absolute atomic E-state index is 0.112. The van der Waals surface area contributed by atoms with Crippen LogP contribution in [0.1, 0.15) is 29.4 Å². The fraction of sp³-hybridized carbons (Fsp3) is 0.611. The third kappa shape index (κ3) is 4.42. The minimum atomic E-state index is -0.609. The van der Waals surface area contributed by atoms with Crippen molar-refractivity contribution in [3.8, 4) is 0 Å². The molecular weight excluding hydrogens is 354 g/mol. The number of nitrogens with zero attached hydrogens (tertiary/aromatic N) is 2. The molecule has 142 valence electrons. The summed E-state index contributed by atoms with van der Waals surface area (Å²) in [5, 5.41) is 4.58. The molecule has 2 aliphatic heterocycles. The third-order valence-corrected chi connectivity index (χ3v) is 5.74. The predicted octanol–water partition coefficient (Wildman–Crippen LogP) is 0.964. The molecule has 2 atom stereocenters. The highest BCUT2D eigenvalue weighted by atomic mass is 32.1. The van der Waals surface area contributed by atoms with Crippen LogP contribution in [0.2, 0.25) is 0 Å². The van der Waals surface area contributed by atoms with Crippen LogP contribution in [0.25, 0.3) is 0 Å². The van der Waals surface area contributed by atoms with Gasteiger partial charge in [0.25, 0.3) is 5.91 Å². The van der Waals surface area contributed by atoms with Crippen molar-refractivity contribution in [2.75, 3.05) is 39.4 Å². The lowest BCUT2D eigenvalue weighted by Crippen LogP contribution is -2.53. The molecule has 0 saturated carbocycles. The Morgan fingerprint density at radius 3 is 2.69 bits per heavy atom. The first-order valence-electron chi connectivity index (χ1n) is 9.06. The van der Waals surface area contributed by atoms with E-state index in [1.54, 1.807) is 24.0 Å². The van der Waals surface area contributed by atoms with Crippen molar-refractivity contribution in [1.29, 1.82) is 0 Å². The molecule has 0 aliphatic carbocycles. The molecule has 3 rings (SSSR count). The summed E-state index contributed by atoms with van der Waals surface area (Å²) in [7, 11) is 0. The van der Waals surface area contributed by atoms with Gasteiger partial charge in [-0.25, -0.2) is 0 Å². The van der Waals surface area contributed by atoms with Crippen LogP contribution in [0.4, 0.5) is 0 Å². The molecule has 2 saturated heterocycles. The van der Waals surface area contributed by atoms with Crippen LogP contribution in [-0.2, 0) is 14.3 Å². The first-order valence-corrected chi connectivity index (χ1v) is 9.94. The second-order valence-electron chi connectivity index (χ2n) is 6.73. The zero-order valence-electron chi connectivity index (χ0n) is 15.0. The largest absolute Gasteiger partial charge is 0.378 e. The molecule has 3 amide bonds. The molecule has 2 fully saturated rings. The van der Waals surface area contributed by atoms with Gasteiger partial charge in [0.1, 0.15) is 6.04 Å². The van der Waals surface area contributed by atoms with Crippen LogP contribution < -0.4 is 5.32 Å². The lowest BCUT2D eigenvalue weighted by Gasteiger charge is -2.37. The topological polar surface area (TPSA) is 79.0 Å². The van der Waals surface area contributed by atoms with Gasteiger partial charge in [0.05, 0.1) is 24.0 Å². The number of morpholine rings is 1. The molecule has 26 heavy (non-hydrogen) atoms. The molecule has 8 heteroatoms. The highest BCUT2D eigenvalue weighted by Crippen LogP contribution is 2.20. The zero-order chi connectivity index (χ0) is 18.5.